The zero-order valence-electron chi connectivity index (χ0n) is 9.54. The molecule has 2 rings (SSSR count). The smallest absolute Gasteiger partial charge is 0.260 e. The van der Waals surface area contributed by atoms with E-state index in [1.807, 2.05) is 19.9 Å². The molecule has 0 bridgehead atoms. The van der Waals surface area contributed by atoms with E-state index in [0.29, 0.717) is 16.0 Å². The summed E-state index contributed by atoms with van der Waals surface area (Å²) >= 11 is 11.7. The SMILES string of the molecule is CCC(C)(Cl)C1C=CC2=C(C(=O)NC2=O)C1=S. The molecule has 17 heavy (non-hydrogen) atoms. The number of carbonyl (C=O) groups is 2. The monoisotopic (exact) mass is 269 g/mol. The molecule has 1 N–H and O–H groups in total. The molecule has 0 saturated heterocycles. The molecular formula is C12H12ClNO2S. The van der Waals surface area contributed by atoms with Crippen LogP contribution in [0.15, 0.2) is 23.3 Å². The maximum absolute atomic E-state index is 11.6. The van der Waals surface area contributed by atoms with Gasteiger partial charge in [-0.15, -0.1) is 11.6 Å². The Morgan fingerprint density at radius 3 is 2.71 bits per heavy atom. The van der Waals surface area contributed by atoms with E-state index >= 15 is 0 Å². The van der Waals surface area contributed by atoms with Crippen molar-refractivity contribution in [3.63, 3.8) is 0 Å². The number of nitrogens with one attached hydrogen (secondary N) is 1. The van der Waals surface area contributed by atoms with E-state index in [-0.39, 0.29) is 11.8 Å². The molecule has 2 amide bonds. The fourth-order valence-corrected chi connectivity index (χ4v) is 2.79. The van der Waals surface area contributed by atoms with Crippen molar-refractivity contribution in [3.8, 4) is 0 Å². The molecule has 0 spiro atoms. The number of allylic oxidation sites excluding steroid dienone is 1. The third kappa shape index (κ3) is 1.85. The summed E-state index contributed by atoms with van der Waals surface area (Å²) in [4.78, 5) is 23.0. The summed E-state index contributed by atoms with van der Waals surface area (Å²) in [5.74, 6) is -0.984. The number of hydrogen-bond acceptors (Lipinski definition) is 3. The molecule has 0 fully saturated rings. The Morgan fingerprint density at radius 2 is 2.12 bits per heavy atom. The van der Waals surface area contributed by atoms with Crippen LogP contribution in [0.25, 0.3) is 0 Å². The highest BCUT2D eigenvalue weighted by molar-refractivity contribution is 7.81. The molecule has 90 valence electrons. The Labute approximate surface area is 110 Å². The van der Waals surface area contributed by atoms with E-state index in [1.54, 1.807) is 6.08 Å². The first-order valence-corrected chi connectivity index (χ1v) is 6.18. The highest BCUT2D eigenvalue weighted by Gasteiger charge is 2.41. The Morgan fingerprint density at radius 1 is 1.47 bits per heavy atom. The summed E-state index contributed by atoms with van der Waals surface area (Å²) in [6, 6.07) is 0. The number of alkyl halides is 1. The quantitative estimate of drug-likeness (QED) is 0.473. The molecule has 1 aliphatic heterocycles. The van der Waals surface area contributed by atoms with Crippen molar-refractivity contribution in [2.24, 2.45) is 5.92 Å². The minimum absolute atomic E-state index is 0.195. The maximum Gasteiger partial charge on any atom is 0.260 e. The van der Waals surface area contributed by atoms with Crippen LogP contribution in [0.3, 0.4) is 0 Å². The van der Waals surface area contributed by atoms with Gasteiger partial charge in [-0.25, -0.2) is 0 Å². The molecule has 3 nitrogen and oxygen atoms in total. The predicted molar refractivity (Wildman–Crippen MR) is 70.0 cm³/mol. The highest BCUT2D eigenvalue weighted by atomic mass is 35.5. The lowest BCUT2D eigenvalue weighted by Gasteiger charge is -2.31. The van der Waals surface area contributed by atoms with Crippen LogP contribution in [0.2, 0.25) is 0 Å². The van der Waals surface area contributed by atoms with Crippen molar-refractivity contribution >= 4 is 40.5 Å². The molecule has 0 radical (unpaired) electrons. The fraction of sp³-hybridized carbons (Fsp3) is 0.417. The van der Waals surface area contributed by atoms with Gasteiger partial charge in [-0.05, 0) is 13.3 Å². The normalized spacial score (nSPS) is 27.0. The number of rotatable bonds is 2. The van der Waals surface area contributed by atoms with E-state index in [4.69, 9.17) is 23.8 Å². The fourth-order valence-electron chi connectivity index (χ4n) is 2.00. The van der Waals surface area contributed by atoms with Crippen LogP contribution in [-0.2, 0) is 9.59 Å². The van der Waals surface area contributed by atoms with Crippen LogP contribution < -0.4 is 5.32 Å². The van der Waals surface area contributed by atoms with Crippen LogP contribution in [0, 0.1) is 5.92 Å². The molecule has 1 heterocycles. The summed E-state index contributed by atoms with van der Waals surface area (Å²) in [6.45, 7) is 3.85. The van der Waals surface area contributed by atoms with Gasteiger partial charge in [0.1, 0.15) is 0 Å². The Hall–Kier alpha value is -1.00. The van der Waals surface area contributed by atoms with E-state index in [9.17, 15) is 9.59 Å². The van der Waals surface area contributed by atoms with Crippen LogP contribution in [0.1, 0.15) is 20.3 Å². The van der Waals surface area contributed by atoms with Crippen molar-refractivity contribution in [3.05, 3.63) is 23.3 Å². The van der Waals surface area contributed by atoms with Crippen LogP contribution in [0.5, 0.6) is 0 Å². The molecule has 1 aliphatic carbocycles. The Bertz CT molecular complexity index is 491. The molecule has 0 aromatic rings. The molecule has 0 saturated carbocycles. The maximum atomic E-state index is 11.6. The lowest BCUT2D eigenvalue weighted by Crippen LogP contribution is -2.36. The van der Waals surface area contributed by atoms with Gasteiger partial charge >= 0.3 is 0 Å². The predicted octanol–water partition coefficient (Wildman–Crippen LogP) is 1.90. The number of thiocarbonyl (C=S) groups is 1. The summed E-state index contributed by atoms with van der Waals surface area (Å²) in [5, 5.41) is 2.25. The van der Waals surface area contributed by atoms with Gasteiger partial charge in [0.05, 0.1) is 16.0 Å². The van der Waals surface area contributed by atoms with Crippen molar-refractivity contribution < 1.29 is 9.59 Å². The number of hydrogen-bond donors (Lipinski definition) is 1. The first-order valence-electron chi connectivity index (χ1n) is 5.39. The zero-order chi connectivity index (χ0) is 12.8. The van der Waals surface area contributed by atoms with Gasteiger partial charge < -0.3 is 0 Å². The van der Waals surface area contributed by atoms with Gasteiger partial charge in [0.25, 0.3) is 11.8 Å². The number of halogens is 1. The standard InChI is InChI=1S/C12H12ClNO2S/c1-3-12(2,13)7-5-4-6-8(9(7)17)11(16)14-10(6)15/h4-5,7H,3H2,1-2H3,(H,14,15,16). The first kappa shape index (κ1) is 12.5. The van der Waals surface area contributed by atoms with Gasteiger partial charge in [-0.2, -0.15) is 0 Å². The van der Waals surface area contributed by atoms with E-state index < -0.39 is 10.8 Å². The minimum Gasteiger partial charge on any atom is -0.288 e. The second-order valence-corrected chi connectivity index (χ2v) is 5.71. The Balaban J connectivity index is 2.43. The summed E-state index contributed by atoms with van der Waals surface area (Å²) in [7, 11) is 0. The Kier molecular flexibility index (Phi) is 2.96. The van der Waals surface area contributed by atoms with E-state index in [1.165, 1.54) is 0 Å². The molecule has 5 heteroatoms. The number of amides is 2. The highest BCUT2D eigenvalue weighted by Crippen LogP contribution is 2.37. The molecule has 0 aromatic carbocycles. The first-order chi connectivity index (χ1) is 7.88. The summed E-state index contributed by atoms with van der Waals surface area (Å²) < 4.78 is 0. The van der Waals surface area contributed by atoms with Gasteiger partial charge in [0.2, 0.25) is 0 Å². The van der Waals surface area contributed by atoms with Gasteiger partial charge in [0, 0.05) is 10.8 Å². The average molecular weight is 270 g/mol. The summed E-state index contributed by atoms with van der Waals surface area (Å²) in [6.07, 6.45) is 4.18. The summed E-state index contributed by atoms with van der Waals surface area (Å²) in [5.41, 5.74) is 0.678. The van der Waals surface area contributed by atoms with Crippen molar-refractivity contribution in [2.45, 2.75) is 25.1 Å². The molecule has 2 aliphatic rings. The van der Waals surface area contributed by atoms with Gasteiger partial charge in [0.15, 0.2) is 0 Å². The second kappa shape index (κ2) is 4.03. The third-order valence-corrected chi connectivity index (χ3v) is 4.25. The second-order valence-electron chi connectivity index (χ2n) is 4.40. The molecular weight excluding hydrogens is 258 g/mol. The lowest BCUT2D eigenvalue weighted by atomic mass is 9.81. The molecule has 0 aromatic heterocycles. The number of carbonyl (C=O) groups excluding carboxylic acids is 2. The lowest BCUT2D eigenvalue weighted by molar-refractivity contribution is -0.123. The van der Waals surface area contributed by atoms with E-state index in [2.05, 4.69) is 5.32 Å². The topological polar surface area (TPSA) is 46.2 Å². The van der Waals surface area contributed by atoms with Gasteiger partial charge in [-0.3, -0.25) is 14.9 Å². The zero-order valence-corrected chi connectivity index (χ0v) is 11.1. The number of imide groups is 1. The van der Waals surface area contributed by atoms with Gasteiger partial charge in [-0.1, -0.05) is 31.3 Å². The van der Waals surface area contributed by atoms with Crippen LogP contribution in [0.4, 0.5) is 0 Å². The van der Waals surface area contributed by atoms with Crippen LogP contribution in [-0.4, -0.2) is 21.6 Å². The minimum atomic E-state index is -0.530. The van der Waals surface area contributed by atoms with Crippen molar-refractivity contribution in [2.75, 3.05) is 0 Å². The molecule has 2 unspecified atom stereocenters. The largest absolute Gasteiger partial charge is 0.288 e. The van der Waals surface area contributed by atoms with Crippen molar-refractivity contribution in [1.82, 2.24) is 5.32 Å². The average Bonchev–Trinajstić information content (AvgIpc) is 2.55. The van der Waals surface area contributed by atoms with Crippen molar-refractivity contribution in [1.29, 1.82) is 0 Å². The van der Waals surface area contributed by atoms with E-state index in [0.717, 1.165) is 6.42 Å². The van der Waals surface area contributed by atoms with Crippen LogP contribution >= 0.6 is 23.8 Å². The third-order valence-electron chi connectivity index (χ3n) is 3.29. The molecule has 2 atom stereocenters.